The van der Waals surface area contributed by atoms with Gasteiger partial charge in [0.15, 0.2) is 0 Å². The lowest BCUT2D eigenvalue weighted by Crippen LogP contribution is -2.40. The van der Waals surface area contributed by atoms with Crippen molar-refractivity contribution in [2.45, 2.75) is 25.3 Å². The normalized spacial score (nSPS) is 12.8. The van der Waals surface area contributed by atoms with Crippen LogP contribution in [0.4, 0.5) is 0 Å². The molecule has 0 aromatic carbocycles. The lowest BCUT2D eigenvalue weighted by molar-refractivity contribution is -0.121. The first kappa shape index (κ1) is 14.4. The Morgan fingerprint density at radius 2 is 2.35 bits per heavy atom. The predicted octanol–water partition coefficient (Wildman–Crippen LogP) is 1.49. The first-order valence-corrected chi connectivity index (χ1v) is 6.86. The molecule has 0 spiro atoms. The van der Waals surface area contributed by atoms with Gasteiger partial charge in [0, 0.05) is 18.0 Å². The maximum Gasteiger partial charge on any atom is 0.227 e. The quantitative estimate of drug-likeness (QED) is 0.800. The van der Waals surface area contributed by atoms with Crippen molar-refractivity contribution in [2.24, 2.45) is 0 Å². The molecule has 0 aliphatic heterocycles. The summed E-state index contributed by atoms with van der Waals surface area (Å²) in [6.45, 7) is 2.82. The van der Waals surface area contributed by atoms with Crippen LogP contribution in [0.5, 0.6) is 0 Å². The molecule has 0 radical (unpaired) electrons. The van der Waals surface area contributed by atoms with E-state index in [9.17, 15) is 4.79 Å². The Morgan fingerprint density at radius 3 is 2.88 bits per heavy atom. The molecule has 0 aliphatic carbocycles. The van der Waals surface area contributed by atoms with Gasteiger partial charge >= 0.3 is 0 Å². The van der Waals surface area contributed by atoms with Crippen LogP contribution in [0.25, 0.3) is 0 Å². The van der Waals surface area contributed by atoms with Crippen LogP contribution in [0.3, 0.4) is 0 Å². The van der Waals surface area contributed by atoms with Crippen molar-refractivity contribution in [3.63, 3.8) is 0 Å². The van der Waals surface area contributed by atoms with E-state index in [1.165, 1.54) is 11.3 Å². The van der Waals surface area contributed by atoms with E-state index in [4.69, 9.17) is 11.6 Å². The van der Waals surface area contributed by atoms with Crippen LogP contribution in [0, 0.1) is 0 Å². The molecule has 0 saturated carbocycles. The molecule has 1 N–H and O–H groups in total. The highest BCUT2D eigenvalue weighted by atomic mass is 35.5. The van der Waals surface area contributed by atoms with E-state index >= 15 is 0 Å². The fraction of sp³-hybridized carbons (Fsp3) is 0.636. The summed E-state index contributed by atoms with van der Waals surface area (Å²) in [7, 11) is 3.96. The highest BCUT2D eigenvalue weighted by Crippen LogP contribution is 2.12. The zero-order valence-electron chi connectivity index (χ0n) is 10.4. The number of hydrogen-bond acceptors (Lipinski definition) is 4. The molecule has 0 fully saturated rings. The number of aromatic nitrogens is 1. The summed E-state index contributed by atoms with van der Waals surface area (Å²) in [4.78, 5) is 18.0. The molecule has 6 heteroatoms. The van der Waals surface area contributed by atoms with Gasteiger partial charge in [-0.2, -0.15) is 0 Å². The van der Waals surface area contributed by atoms with E-state index in [1.807, 2.05) is 31.3 Å². The lowest BCUT2D eigenvalue weighted by Gasteiger charge is -2.17. The van der Waals surface area contributed by atoms with Gasteiger partial charge in [0.2, 0.25) is 5.91 Å². The number of nitrogens with zero attached hydrogens (tertiary/aromatic N) is 2. The second-order valence-corrected chi connectivity index (χ2v) is 5.48. The Bertz CT molecular complexity index is 367. The SMILES string of the molecule is CC(CN(C)C)NC(=O)Cc1nc(CCl)cs1. The van der Waals surface area contributed by atoms with Gasteiger partial charge in [-0.3, -0.25) is 4.79 Å². The third-order valence-electron chi connectivity index (χ3n) is 2.09. The van der Waals surface area contributed by atoms with Gasteiger partial charge in [-0.15, -0.1) is 22.9 Å². The molecule has 17 heavy (non-hydrogen) atoms. The first-order chi connectivity index (χ1) is 8.01. The molecule has 1 rings (SSSR count). The smallest absolute Gasteiger partial charge is 0.227 e. The molecular weight excluding hydrogens is 258 g/mol. The highest BCUT2D eigenvalue weighted by molar-refractivity contribution is 7.09. The van der Waals surface area contributed by atoms with E-state index in [0.29, 0.717) is 12.3 Å². The summed E-state index contributed by atoms with van der Waals surface area (Å²) in [5, 5.41) is 5.64. The Morgan fingerprint density at radius 1 is 1.65 bits per heavy atom. The van der Waals surface area contributed by atoms with E-state index in [0.717, 1.165) is 17.2 Å². The van der Waals surface area contributed by atoms with Crippen LogP contribution in [-0.4, -0.2) is 42.5 Å². The number of halogens is 1. The van der Waals surface area contributed by atoms with Crippen molar-refractivity contribution in [1.29, 1.82) is 0 Å². The molecule has 0 bridgehead atoms. The van der Waals surface area contributed by atoms with Gasteiger partial charge in [-0.05, 0) is 21.0 Å². The van der Waals surface area contributed by atoms with Crippen molar-refractivity contribution >= 4 is 28.8 Å². The Hall–Kier alpha value is -0.650. The largest absolute Gasteiger partial charge is 0.352 e. The van der Waals surface area contributed by atoms with Gasteiger partial charge in [-0.1, -0.05) is 0 Å². The average molecular weight is 276 g/mol. The third kappa shape index (κ3) is 5.48. The molecule has 96 valence electrons. The van der Waals surface area contributed by atoms with Crippen LogP contribution in [0.2, 0.25) is 0 Å². The molecule has 1 aromatic rings. The predicted molar refractivity (Wildman–Crippen MR) is 71.5 cm³/mol. The van der Waals surface area contributed by atoms with Crippen LogP contribution in [0.1, 0.15) is 17.6 Å². The minimum Gasteiger partial charge on any atom is -0.352 e. The zero-order valence-corrected chi connectivity index (χ0v) is 11.9. The van der Waals surface area contributed by atoms with Gasteiger partial charge in [0.05, 0.1) is 18.0 Å². The molecule has 4 nitrogen and oxygen atoms in total. The minimum atomic E-state index is 0.00909. The fourth-order valence-corrected chi connectivity index (χ4v) is 2.57. The van der Waals surface area contributed by atoms with E-state index < -0.39 is 0 Å². The Balaban J connectivity index is 2.38. The topological polar surface area (TPSA) is 45.2 Å². The fourth-order valence-electron chi connectivity index (χ4n) is 1.55. The molecule has 0 saturated heterocycles. The monoisotopic (exact) mass is 275 g/mol. The number of alkyl halides is 1. The third-order valence-corrected chi connectivity index (χ3v) is 3.27. The standard InChI is InChI=1S/C11H18ClN3OS/c1-8(6-15(2)3)13-10(16)4-11-14-9(5-12)7-17-11/h7-8H,4-6H2,1-3H3,(H,13,16). The van der Waals surface area contributed by atoms with Gasteiger partial charge < -0.3 is 10.2 Å². The summed E-state index contributed by atoms with van der Waals surface area (Å²) in [6, 6.07) is 0.143. The number of carbonyl (C=O) groups is 1. The van der Waals surface area contributed by atoms with Crippen molar-refractivity contribution in [1.82, 2.24) is 15.2 Å². The van der Waals surface area contributed by atoms with Crippen LogP contribution < -0.4 is 5.32 Å². The Labute approximate surface area is 111 Å². The van der Waals surface area contributed by atoms with Crippen LogP contribution in [0.15, 0.2) is 5.38 Å². The lowest BCUT2D eigenvalue weighted by atomic mass is 10.3. The van der Waals surface area contributed by atoms with E-state index in [-0.39, 0.29) is 11.9 Å². The van der Waals surface area contributed by atoms with Crippen molar-refractivity contribution < 1.29 is 4.79 Å². The van der Waals surface area contributed by atoms with Gasteiger partial charge in [-0.25, -0.2) is 4.98 Å². The minimum absolute atomic E-state index is 0.00909. The summed E-state index contributed by atoms with van der Waals surface area (Å²) < 4.78 is 0. The highest BCUT2D eigenvalue weighted by Gasteiger charge is 2.11. The average Bonchev–Trinajstić information content (AvgIpc) is 2.63. The number of hydrogen-bond donors (Lipinski definition) is 1. The number of nitrogens with one attached hydrogen (secondary N) is 1. The second-order valence-electron chi connectivity index (χ2n) is 4.27. The summed E-state index contributed by atoms with van der Waals surface area (Å²) in [5.41, 5.74) is 0.834. The summed E-state index contributed by atoms with van der Waals surface area (Å²) >= 11 is 7.13. The van der Waals surface area contributed by atoms with Crippen LogP contribution in [-0.2, 0) is 17.1 Å². The Kier molecular flexibility index (Phi) is 5.88. The summed E-state index contributed by atoms with van der Waals surface area (Å²) in [6.07, 6.45) is 0.333. The van der Waals surface area contributed by atoms with Gasteiger partial charge in [0.25, 0.3) is 0 Å². The van der Waals surface area contributed by atoms with E-state index in [1.54, 1.807) is 0 Å². The van der Waals surface area contributed by atoms with Crippen molar-refractivity contribution in [3.8, 4) is 0 Å². The second kappa shape index (κ2) is 6.93. The molecule has 0 aliphatic rings. The zero-order chi connectivity index (χ0) is 12.8. The molecule has 1 amide bonds. The van der Waals surface area contributed by atoms with Crippen LogP contribution >= 0.6 is 22.9 Å². The number of thiazole rings is 1. The number of amides is 1. The molecule has 1 heterocycles. The maximum atomic E-state index is 11.7. The molecule has 1 atom stereocenters. The van der Waals surface area contributed by atoms with Crippen molar-refractivity contribution in [2.75, 3.05) is 20.6 Å². The number of carbonyl (C=O) groups excluding carboxylic acids is 1. The van der Waals surface area contributed by atoms with Gasteiger partial charge in [0.1, 0.15) is 5.01 Å². The summed E-state index contributed by atoms with van der Waals surface area (Å²) in [5.74, 6) is 0.407. The molecule has 1 aromatic heterocycles. The number of rotatable bonds is 6. The maximum absolute atomic E-state index is 11.7. The van der Waals surface area contributed by atoms with Crippen molar-refractivity contribution in [3.05, 3.63) is 16.1 Å². The number of likely N-dealkylation sites (N-methyl/N-ethyl adjacent to an activating group) is 1. The molecule has 1 unspecified atom stereocenters. The molecular formula is C11H18ClN3OS. The van der Waals surface area contributed by atoms with E-state index in [2.05, 4.69) is 10.3 Å². The first-order valence-electron chi connectivity index (χ1n) is 5.44.